The van der Waals surface area contributed by atoms with Gasteiger partial charge < -0.3 is 4.74 Å². The first-order valence-electron chi connectivity index (χ1n) is 8.89. The number of rotatable bonds is 5. The summed E-state index contributed by atoms with van der Waals surface area (Å²) in [6.07, 6.45) is 3.49. The molecule has 1 aliphatic rings. The van der Waals surface area contributed by atoms with Crippen molar-refractivity contribution >= 4 is 22.7 Å². The van der Waals surface area contributed by atoms with Crippen molar-refractivity contribution in [2.75, 3.05) is 0 Å². The van der Waals surface area contributed by atoms with Crippen LogP contribution in [0.3, 0.4) is 0 Å². The zero-order valence-corrected chi connectivity index (χ0v) is 15.3. The van der Waals surface area contributed by atoms with E-state index in [0.29, 0.717) is 11.0 Å². The third-order valence-electron chi connectivity index (χ3n) is 4.61. The van der Waals surface area contributed by atoms with Gasteiger partial charge in [-0.3, -0.25) is 10.1 Å². The first-order chi connectivity index (χ1) is 13.3. The van der Waals surface area contributed by atoms with Gasteiger partial charge in [-0.25, -0.2) is 18.9 Å². The number of ether oxygens (including phenoxy) is 1. The van der Waals surface area contributed by atoms with Gasteiger partial charge in [-0.2, -0.15) is 5.10 Å². The summed E-state index contributed by atoms with van der Waals surface area (Å²) in [7, 11) is 0. The zero-order valence-electron chi connectivity index (χ0n) is 15.3. The van der Waals surface area contributed by atoms with E-state index in [0.717, 1.165) is 36.7 Å². The van der Waals surface area contributed by atoms with Gasteiger partial charge in [0.2, 0.25) is 5.75 Å². The normalized spacial score (nSPS) is 13.9. The van der Waals surface area contributed by atoms with E-state index in [2.05, 4.69) is 10.1 Å². The van der Waals surface area contributed by atoms with E-state index in [-0.39, 0.29) is 17.5 Å². The second kappa shape index (κ2) is 6.66. The van der Waals surface area contributed by atoms with Gasteiger partial charge in [0, 0.05) is 29.8 Å². The standard InChI is InChI=1S/C19H17FN4O4/c1-10(2)23-18-14(9-21-23)13(8-15(22-18)11-3-4-11)19(25)28-17-7-12(20)5-6-16(17)24(26)27/h5-11H,3-4H2,1-2H3. The topological polar surface area (TPSA) is 100 Å². The van der Waals surface area contributed by atoms with Crippen LogP contribution in [0.4, 0.5) is 10.1 Å². The van der Waals surface area contributed by atoms with Gasteiger partial charge in [0.05, 0.1) is 22.1 Å². The molecule has 0 saturated heterocycles. The van der Waals surface area contributed by atoms with E-state index in [1.165, 1.54) is 6.20 Å². The number of halogens is 1. The van der Waals surface area contributed by atoms with E-state index in [4.69, 9.17) is 4.74 Å². The summed E-state index contributed by atoms with van der Waals surface area (Å²) < 4.78 is 20.5. The summed E-state index contributed by atoms with van der Waals surface area (Å²) in [6.45, 7) is 3.90. The fraction of sp³-hybridized carbons (Fsp3) is 0.316. The minimum absolute atomic E-state index is 0.0348. The Morgan fingerprint density at radius 2 is 2.11 bits per heavy atom. The number of carbonyl (C=O) groups excluding carboxylic acids is 1. The van der Waals surface area contributed by atoms with Crippen LogP contribution in [-0.4, -0.2) is 25.7 Å². The Labute approximate surface area is 159 Å². The van der Waals surface area contributed by atoms with Crippen molar-refractivity contribution in [1.82, 2.24) is 14.8 Å². The van der Waals surface area contributed by atoms with E-state index in [1.54, 1.807) is 10.7 Å². The molecule has 1 fully saturated rings. The Balaban J connectivity index is 1.80. The number of nitrogens with zero attached hydrogens (tertiary/aromatic N) is 4. The molecule has 0 spiro atoms. The molecule has 2 aromatic heterocycles. The number of benzene rings is 1. The van der Waals surface area contributed by atoms with Crippen molar-refractivity contribution in [3.63, 3.8) is 0 Å². The highest BCUT2D eigenvalue weighted by Crippen LogP contribution is 2.40. The van der Waals surface area contributed by atoms with Crippen LogP contribution in [-0.2, 0) is 0 Å². The minimum atomic E-state index is -0.814. The van der Waals surface area contributed by atoms with Crippen LogP contribution in [0.15, 0.2) is 30.5 Å². The molecule has 1 saturated carbocycles. The molecule has 2 heterocycles. The molecule has 144 valence electrons. The summed E-state index contributed by atoms with van der Waals surface area (Å²) >= 11 is 0. The van der Waals surface area contributed by atoms with Gasteiger partial charge >= 0.3 is 11.7 Å². The molecular weight excluding hydrogens is 367 g/mol. The van der Waals surface area contributed by atoms with E-state index in [1.807, 2.05) is 13.8 Å². The number of fused-ring (bicyclic) bond motifs is 1. The van der Waals surface area contributed by atoms with Crippen molar-refractivity contribution < 1.29 is 18.8 Å². The molecule has 0 atom stereocenters. The predicted molar refractivity (Wildman–Crippen MR) is 97.9 cm³/mol. The van der Waals surface area contributed by atoms with Crippen LogP contribution in [0, 0.1) is 15.9 Å². The number of esters is 1. The largest absolute Gasteiger partial charge is 0.415 e. The average molecular weight is 384 g/mol. The van der Waals surface area contributed by atoms with Gasteiger partial charge in [-0.15, -0.1) is 0 Å². The number of aromatic nitrogens is 3. The molecule has 0 N–H and O–H groups in total. The van der Waals surface area contributed by atoms with Crippen LogP contribution in [0.1, 0.15) is 54.7 Å². The second-order valence-corrected chi connectivity index (χ2v) is 7.05. The molecule has 1 aliphatic carbocycles. The number of carbonyl (C=O) groups is 1. The van der Waals surface area contributed by atoms with Crippen LogP contribution < -0.4 is 4.74 Å². The monoisotopic (exact) mass is 384 g/mol. The lowest BCUT2D eigenvalue weighted by Gasteiger charge is -2.10. The van der Waals surface area contributed by atoms with E-state index < -0.39 is 28.1 Å². The lowest BCUT2D eigenvalue weighted by Crippen LogP contribution is -2.12. The molecule has 8 nitrogen and oxygen atoms in total. The van der Waals surface area contributed by atoms with Crippen LogP contribution in [0.2, 0.25) is 0 Å². The maximum Gasteiger partial charge on any atom is 0.344 e. The molecule has 0 amide bonds. The molecule has 0 unspecified atom stereocenters. The highest BCUT2D eigenvalue weighted by molar-refractivity contribution is 6.03. The Hall–Kier alpha value is -3.36. The summed E-state index contributed by atoms with van der Waals surface area (Å²) in [6, 6.07) is 4.41. The minimum Gasteiger partial charge on any atom is -0.415 e. The Kier molecular flexibility index (Phi) is 4.29. The zero-order chi connectivity index (χ0) is 20.0. The molecule has 9 heteroatoms. The molecule has 0 bridgehead atoms. The molecular formula is C19H17FN4O4. The highest BCUT2D eigenvalue weighted by Gasteiger charge is 2.29. The smallest absolute Gasteiger partial charge is 0.344 e. The predicted octanol–water partition coefficient (Wildman–Crippen LogP) is 4.16. The molecule has 28 heavy (non-hydrogen) atoms. The molecule has 1 aromatic carbocycles. The average Bonchev–Trinajstić information content (AvgIpc) is 3.39. The summed E-state index contributed by atoms with van der Waals surface area (Å²) in [5.74, 6) is -1.72. The van der Waals surface area contributed by atoms with Gasteiger partial charge in [0.25, 0.3) is 0 Å². The molecule has 4 rings (SSSR count). The first-order valence-corrected chi connectivity index (χ1v) is 8.89. The lowest BCUT2D eigenvalue weighted by atomic mass is 10.1. The third kappa shape index (κ3) is 3.19. The van der Waals surface area contributed by atoms with Crippen LogP contribution in [0.25, 0.3) is 11.0 Å². The summed E-state index contributed by atoms with van der Waals surface area (Å²) in [5.41, 5.74) is 1.04. The lowest BCUT2D eigenvalue weighted by molar-refractivity contribution is -0.385. The molecule has 0 aliphatic heterocycles. The fourth-order valence-electron chi connectivity index (χ4n) is 3.05. The van der Waals surface area contributed by atoms with Crippen molar-refractivity contribution in [2.24, 2.45) is 0 Å². The van der Waals surface area contributed by atoms with Gasteiger partial charge in [-0.05, 0) is 38.8 Å². The van der Waals surface area contributed by atoms with Crippen molar-refractivity contribution in [3.05, 3.63) is 57.7 Å². The second-order valence-electron chi connectivity index (χ2n) is 7.05. The molecule has 0 radical (unpaired) electrons. The van der Waals surface area contributed by atoms with Crippen molar-refractivity contribution in [1.29, 1.82) is 0 Å². The number of hydrogen-bond donors (Lipinski definition) is 0. The first kappa shape index (κ1) is 18.0. The summed E-state index contributed by atoms with van der Waals surface area (Å²) in [4.78, 5) is 27.9. The number of pyridine rings is 1. The van der Waals surface area contributed by atoms with Crippen LogP contribution >= 0.6 is 0 Å². The van der Waals surface area contributed by atoms with E-state index in [9.17, 15) is 19.3 Å². The number of nitro groups is 1. The Morgan fingerprint density at radius 3 is 2.75 bits per heavy atom. The van der Waals surface area contributed by atoms with Gasteiger partial charge in [-0.1, -0.05) is 0 Å². The van der Waals surface area contributed by atoms with Crippen molar-refractivity contribution in [2.45, 2.75) is 38.6 Å². The highest BCUT2D eigenvalue weighted by atomic mass is 19.1. The molecule has 3 aromatic rings. The number of nitro benzene ring substituents is 1. The maximum atomic E-state index is 13.5. The Morgan fingerprint density at radius 1 is 1.36 bits per heavy atom. The van der Waals surface area contributed by atoms with E-state index >= 15 is 0 Å². The SMILES string of the molecule is CC(C)n1ncc2c(C(=O)Oc3cc(F)ccc3[N+](=O)[O-])cc(C3CC3)nc21. The van der Waals surface area contributed by atoms with Gasteiger partial charge in [0.15, 0.2) is 5.65 Å². The fourth-order valence-corrected chi connectivity index (χ4v) is 3.05. The van der Waals surface area contributed by atoms with Crippen LogP contribution in [0.5, 0.6) is 5.75 Å². The van der Waals surface area contributed by atoms with Crippen molar-refractivity contribution in [3.8, 4) is 5.75 Å². The third-order valence-corrected chi connectivity index (χ3v) is 4.61. The Bertz CT molecular complexity index is 1100. The quantitative estimate of drug-likeness (QED) is 0.283. The van der Waals surface area contributed by atoms with Gasteiger partial charge in [0.1, 0.15) is 5.82 Å². The number of hydrogen-bond acceptors (Lipinski definition) is 6. The maximum absolute atomic E-state index is 13.5. The summed E-state index contributed by atoms with van der Waals surface area (Å²) in [5, 5.41) is 16.0.